The maximum absolute atomic E-state index is 12.6. The molecule has 9 heteroatoms. The van der Waals surface area contributed by atoms with Gasteiger partial charge in [0.25, 0.3) is 5.91 Å². The Hall–Kier alpha value is -2.62. The van der Waals surface area contributed by atoms with Crippen LogP contribution < -0.4 is 19.5 Å². The van der Waals surface area contributed by atoms with Crippen LogP contribution in [0.3, 0.4) is 0 Å². The Labute approximate surface area is 176 Å². The number of carbonyl (C=O) groups is 1. The molecule has 2 aromatic carbocycles. The molecule has 1 fully saturated rings. The van der Waals surface area contributed by atoms with Gasteiger partial charge in [0, 0.05) is 31.3 Å². The molecule has 30 heavy (non-hydrogen) atoms. The van der Waals surface area contributed by atoms with E-state index < -0.39 is 10.0 Å². The third-order valence-corrected chi connectivity index (χ3v) is 6.22. The highest BCUT2D eigenvalue weighted by Gasteiger charge is 2.21. The van der Waals surface area contributed by atoms with Crippen LogP contribution in [0.5, 0.6) is 11.5 Å². The summed E-state index contributed by atoms with van der Waals surface area (Å²) in [7, 11) is -0.629. The molecule has 1 amide bonds. The van der Waals surface area contributed by atoms with E-state index in [9.17, 15) is 13.2 Å². The molecule has 2 N–H and O–H groups in total. The Balaban J connectivity index is 1.65. The molecule has 2 aromatic rings. The lowest BCUT2D eigenvalue weighted by molar-refractivity contribution is 0.0950. The number of rotatable bonds is 9. The molecule has 0 spiro atoms. The first kappa shape index (κ1) is 22.1. The summed E-state index contributed by atoms with van der Waals surface area (Å²) < 4.78 is 43.6. The fourth-order valence-electron chi connectivity index (χ4n) is 3.15. The van der Waals surface area contributed by atoms with Crippen LogP contribution in [0.4, 0.5) is 0 Å². The number of hydrogen-bond acceptors (Lipinski definition) is 6. The van der Waals surface area contributed by atoms with Crippen LogP contribution in [-0.4, -0.2) is 47.8 Å². The molecule has 1 heterocycles. The summed E-state index contributed by atoms with van der Waals surface area (Å²) in [5.74, 6) is 0.848. The maximum Gasteiger partial charge on any atom is 0.251 e. The van der Waals surface area contributed by atoms with Crippen molar-refractivity contribution in [2.45, 2.75) is 30.4 Å². The predicted octanol–water partition coefficient (Wildman–Crippen LogP) is 2.09. The van der Waals surface area contributed by atoms with Crippen molar-refractivity contribution in [2.75, 3.05) is 27.4 Å². The van der Waals surface area contributed by atoms with Crippen molar-refractivity contribution < 1.29 is 27.4 Å². The van der Waals surface area contributed by atoms with Crippen LogP contribution in [0.25, 0.3) is 0 Å². The van der Waals surface area contributed by atoms with Crippen molar-refractivity contribution in [1.82, 2.24) is 10.0 Å². The van der Waals surface area contributed by atoms with E-state index in [-0.39, 0.29) is 35.6 Å². The van der Waals surface area contributed by atoms with Gasteiger partial charge in [-0.3, -0.25) is 4.79 Å². The largest absolute Gasteiger partial charge is 0.497 e. The molecule has 0 radical (unpaired) electrons. The molecule has 1 aliphatic heterocycles. The molecular formula is C21H26N2O6S. The monoisotopic (exact) mass is 434 g/mol. The summed E-state index contributed by atoms with van der Waals surface area (Å²) in [4.78, 5) is 12.6. The Kier molecular flexibility index (Phi) is 7.30. The van der Waals surface area contributed by atoms with Crippen molar-refractivity contribution in [3.8, 4) is 11.5 Å². The molecule has 0 aliphatic carbocycles. The summed E-state index contributed by atoms with van der Waals surface area (Å²) in [6.45, 7) is 1.11. The van der Waals surface area contributed by atoms with E-state index in [4.69, 9.17) is 14.2 Å². The fourth-order valence-corrected chi connectivity index (χ4v) is 4.26. The van der Waals surface area contributed by atoms with Gasteiger partial charge in [-0.2, -0.15) is 0 Å². The van der Waals surface area contributed by atoms with E-state index in [0.717, 1.165) is 18.4 Å². The molecule has 162 valence electrons. The zero-order chi connectivity index (χ0) is 21.6. The summed E-state index contributed by atoms with van der Waals surface area (Å²) in [6.07, 6.45) is 1.66. The van der Waals surface area contributed by atoms with Gasteiger partial charge < -0.3 is 19.5 Å². The number of sulfonamides is 1. The molecule has 3 rings (SSSR count). The number of amides is 1. The third-order valence-electron chi connectivity index (χ3n) is 4.80. The summed E-state index contributed by atoms with van der Waals surface area (Å²) in [5, 5.41) is 2.79. The van der Waals surface area contributed by atoms with Gasteiger partial charge in [0.2, 0.25) is 10.0 Å². The lowest BCUT2D eigenvalue weighted by Gasteiger charge is -2.12. The van der Waals surface area contributed by atoms with E-state index in [2.05, 4.69) is 10.0 Å². The number of nitrogens with one attached hydrogen (secondary N) is 2. The normalized spacial score (nSPS) is 16.3. The van der Waals surface area contributed by atoms with Crippen LogP contribution in [0.15, 0.2) is 47.4 Å². The molecular weight excluding hydrogens is 408 g/mol. The average Bonchev–Trinajstić information content (AvgIpc) is 3.29. The summed E-state index contributed by atoms with van der Waals surface area (Å²) in [5.41, 5.74) is 1.05. The van der Waals surface area contributed by atoms with Crippen molar-refractivity contribution in [2.24, 2.45) is 0 Å². The molecule has 1 atom stereocenters. The van der Waals surface area contributed by atoms with Gasteiger partial charge in [-0.05, 0) is 48.7 Å². The molecule has 0 bridgehead atoms. The Morgan fingerprint density at radius 1 is 1.13 bits per heavy atom. The number of carbonyl (C=O) groups excluding carboxylic acids is 1. The van der Waals surface area contributed by atoms with Gasteiger partial charge in [0.1, 0.15) is 11.5 Å². The minimum absolute atomic E-state index is 0.0381. The lowest BCUT2D eigenvalue weighted by Crippen LogP contribution is -2.32. The van der Waals surface area contributed by atoms with Crippen LogP contribution in [-0.2, 0) is 21.3 Å². The second-order valence-electron chi connectivity index (χ2n) is 6.92. The SMILES string of the molecule is COc1cc(CNC(=O)c2cccc(S(=O)(=O)NCC3CCCO3)c2)cc(OC)c1. The fraction of sp³-hybridized carbons (Fsp3) is 0.381. The van der Waals surface area contributed by atoms with Gasteiger partial charge in [-0.1, -0.05) is 6.07 Å². The quantitative estimate of drug-likeness (QED) is 0.627. The Morgan fingerprint density at radius 3 is 2.50 bits per heavy atom. The number of hydrogen-bond donors (Lipinski definition) is 2. The smallest absolute Gasteiger partial charge is 0.251 e. The molecule has 0 saturated carbocycles. The first-order chi connectivity index (χ1) is 14.4. The number of methoxy groups -OCH3 is 2. The van der Waals surface area contributed by atoms with Crippen LogP contribution >= 0.6 is 0 Å². The zero-order valence-corrected chi connectivity index (χ0v) is 17.8. The molecule has 1 saturated heterocycles. The highest BCUT2D eigenvalue weighted by atomic mass is 32.2. The maximum atomic E-state index is 12.6. The van der Waals surface area contributed by atoms with Gasteiger partial charge in [0.05, 0.1) is 25.2 Å². The lowest BCUT2D eigenvalue weighted by atomic mass is 10.1. The highest BCUT2D eigenvalue weighted by Crippen LogP contribution is 2.22. The average molecular weight is 435 g/mol. The number of benzene rings is 2. The minimum atomic E-state index is -3.73. The molecule has 0 aromatic heterocycles. The van der Waals surface area contributed by atoms with Gasteiger partial charge in [0.15, 0.2) is 0 Å². The summed E-state index contributed by atoms with van der Waals surface area (Å²) in [6, 6.07) is 11.3. The van der Waals surface area contributed by atoms with Crippen molar-refractivity contribution >= 4 is 15.9 Å². The molecule has 1 unspecified atom stereocenters. The van der Waals surface area contributed by atoms with E-state index in [1.165, 1.54) is 12.1 Å². The molecule has 8 nitrogen and oxygen atoms in total. The second-order valence-corrected chi connectivity index (χ2v) is 8.69. The van der Waals surface area contributed by atoms with Gasteiger partial charge in [-0.15, -0.1) is 0 Å². The first-order valence-corrected chi connectivity index (χ1v) is 11.1. The van der Waals surface area contributed by atoms with Gasteiger partial charge >= 0.3 is 0 Å². The highest BCUT2D eigenvalue weighted by molar-refractivity contribution is 7.89. The van der Waals surface area contributed by atoms with Crippen LogP contribution in [0.1, 0.15) is 28.8 Å². The van der Waals surface area contributed by atoms with E-state index in [1.807, 2.05) is 0 Å². The van der Waals surface area contributed by atoms with Crippen molar-refractivity contribution in [3.63, 3.8) is 0 Å². The number of ether oxygens (including phenoxy) is 3. The van der Waals surface area contributed by atoms with Crippen LogP contribution in [0, 0.1) is 0 Å². The summed E-state index contributed by atoms with van der Waals surface area (Å²) >= 11 is 0. The van der Waals surface area contributed by atoms with Crippen molar-refractivity contribution in [1.29, 1.82) is 0 Å². The predicted molar refractivity (Wildman–Crippen MR) is 111 cm³/mol. The first-order valence-electron chi connectivity index (χ1n) is 9.63. The van der Waals surface area contributed by atoms with Crippen LogP contribution in [0.2, 0.25) is 0 Å². The molecule has 1 aliphatic rings. The van der Waals surface area contributed by atoms with E-state index in [1.54, 1.807) is 44.6 Å². The van der Waals surface area contributed by atoms with E-state index >= 15 is 0 Å². The Bertz CT molecular complexity index is 964. The van der Waals surface area contributed by atoms with Crippen molar-refractivity contribution in [3.05, 3.63) is 53.6 Å². The zero-order valence-electron chi connectivity index (χ0n) is 17.0. The topological polar surface area (TPSA) is 103 Å². The van der Waals surface area contributed by atoms with E-state index in [0.29, 0.717) is 18.1 Å². The van der Waals surface area contributed by atoms with Gasteiger partial charge in [-0.25, -0.2) is 13.1 Å². The minimum Gasteiger partial charge on any atom is -0.497 e. The third kappa shape index (κ3) is 5.71. The Morgan fingerprint density at radius 2 is 1.87 bits per heavy atom. The standard InChI is InChI=1S/C21H26N2O6S/c1-27-18-9-15(10-19(12-18)28-2)13-22-21(24)16-5-3-7-20(11-16)30(25,26)23-14-17-6-4-8-29-17/h3,5,7,9-12,17,23H,4,6,8,13-14H2,1-2H3,(H,22,24). The second kappa shape index (κ2) is 9.92.